The fourth-order valence-electron chi connectivity index (χ4n) is 2.58. The molecule has 1 aliphatic carbocycles. The molecule has 0 saturated heterocycles. The predicted octanol–water partition coefficient (Wildman–Crippen LogP) is 1.71. The van der Waals surface area contributed by atoms with Crippen LogP contribution in [0.25, 0.3) is 0 Å². The van der Waals surface area contributed by atoms with E-state index in [1.54, 1.807) is 6.20 Å². The molecule has 19 heavy (non-hydrogen) atoms. The summed E-state index contributed by atoms with van der Waals surface area (Å²) >= 11 is 5.06. The molecule has 1 aromatic heterocycles. The largest absolute Gasteiger partial charge is 0.392 e. The molecule has 1 heterocycles. The van der Waals surface area contributed by atoms with Gasteiger partial charge in [0.25, 0.3) is 0 Å². The summed E-state index contributed by atoms with van der Waals surface area (Å²) in [6.07, 6.45) is 3.27. The van der Waals surface area contributed by atoms with Crippen LogP contribution in [0.15, 0.2) is 18.3 Å². The number of carbonyl (C=O) groups is 1. The van der Waals surface area contributed by atoms with Crippen molar-refractivity contribution in [3.05, 3.63) is 29.6 Å². The van der Waals surface area contributed by atoms with E-state index in [1.807, 2.05) is 19.1 Å². The first-order chi connectivity index (χ1) is 8.94. The standard InChI is InChI=1S/C14H19N3OS/c1-9-5-14(6-9,12(15)19)13(18)17-8-11-4-3-10(2)16-7-11/h3-4,7,9H,5-6,8H2,1-2H3,(H2,15,19)(H,17,18). The Bertz CT molecular complexity index is 492. The zero-order chi connectivity index (χ0) is 14.0. The molecule has 5 heteroatoms. The number of nitrogens with two attached hydrogens (primary N) is 1. The van der Waals surface area contributed by atoms with Crippen molar-refractivity contribution in [3.8, 4) is 0 Å². The van der Waals surface area contributed by atoms with Gasteiger partial charge in [-0.25, -0.2) is 0 Å². The third-order valence-corrected chi connectivity index (χ3v) is 4.12. The van der Waals surface area contributed by atoms with Gasteiger partial charge in [-0.05, 0) is 37.3 Å². The molecule has 0 unspecified atom stereocenters. The van der Waals surface area contributed by atoms with E-state index in [9.17, 15) is 4.79 Å². The molecule has 0 bridgehead atoms. The molecule has 2 rings (SSSR count). The van der Waals surface area contributed by atoms with E-state index in [0.29, 0.717) is 17.5 Å². The molecule has 1 amide bonds. The summed E-state index contributed by atoms with van der Waals surface area (Å²) in [6, 6.07) is 3.88. The molecule has 1 aliphatic rings. The number of nitrogens with one attached hydrogen (secondary N) is 1. The van der Waals surface area contributed by atoms with E-state index in [-0.39, 0.29) is 5.91 Å². The van der Waals surface area contributed by atoms with Gasteiger partial charge in [-0.15, -0.1) is 0 Å². The lowest BCUT2D eigenvalue weighted by Crippen LogP contribution is -2.55. The van der Waals surface area contributed by atoms with Crippen molar-refractivity contribution in [2.75, 3.05) is 0 Å². The van der Waals surface area contributed by atoms with Crippen LogP contribution in [0, 0.1) is 18.3 Å². The van der Waals surface area contributed by atoms with E-state index >= 15 is 0 Å². The molecule has 0 radical (unpaired) electrons. The molecule has 1 fully saturated rings. The topological polar surface area (TPSA) is 68.0 Å². The lowest BCUT2D eigenvalue weighted by atomic mass is 9.62. The smallest absolute Gasteiger partial charge is 0.233 e. The lowest BCUT2D eigenvalue weighted by molar-refractivity contribution is -0.133. The molecule has 1 saturated carbocycles. The van der Waals surface area contributed by atoms with Crippen LogP contribution in [0.2, 0.25) is 0 Å². The highest BCUT2D eigenvalue weighted by Crippen LogP contribution is 2.45. The van der Waals surface area contributed by atoms with Crippen LogP contribution >= 0.6 is 12.2 Å². The second kappa shape index (κ2) is 5.25. The number of thiocarbonyl (C=S) groups is 1. The average molecular weight is 277 g/mol. The first-order valence-corrected chi connectivity index (χ1v) is 6.84. The minimum Gasteiger partial charge on any atom is -0.392 e. The molecule has 0 atom stereocenters. The summed E-state index contributed by atoms with van der Waals surface area (Å²) < 4.78 is 0. The quantitative estimate of drug-likeness (QED) is 0.822. The highest BCUT2D eigenvalue weighted by atomic mass is 32.1. The second-order valence-electron chi connectivity index (χ2n) is 5.45. The predicted molar refractivity (Wildman–Crippen MR) is 78.4 cm³/mol. The maximum Gasteiger partial charge on any atom is 0.233 e. The van der Waals surface area contributed by atoms with Crippen molar-refractivity contribution in [2.24, 2.45) is 17.1 Å². The highest BCUT2D eigenvalue weighted by molar-refractivity contribution is 7.80. The first kappa shape index (κ1) is 13.9. The summed E-state index contributed by atoms with van der Waals surface area (Å²) in [5, 5.41) is 2.92. The maximum absolute atomic E-state index is 12.3. The van der Waals surface area contributed by atoms with Gasteiger partial charge in [0.15, 0.2) is 0 Å². The summed E-state index contributed by atoms with van der Waals surface area (Å²) in [5.74, 6) is 0.451. The van der Waals surface area contributed by atoms with Gasteiger partial charge in [0.1, 0.15) is 0 Å². The molecule has 0 aliphatic heterocycles. The van der Waals surface area contributed by atoms with Gasteiger partial charge < -0.3 is 11.1 Å². The fraction of sp³-hybridized carbons (Fsp3) is 0.500. The van der Waals surface area contributed by atoms with Crippen molar-refractivity contribution in [1.82, 2.24) is 10.3 Å². The zero-order valence-electron chi connectivity index (χ0n) is 11.3. The van der Waals surface area contributed by atoms with Crippen LogP contribution in [-0.4, -0.2) is 15.9 Å². The number of aromatic nitrogens is 1. The maximum atomic E-state index is 12.3. The van der Waals surface area contributed by atoms with Crippen molar-refractivity contribution < 1.29 is 4.79 Å². The van der Waals surface area contributed by atoms with Gasteiger partial charge in [0.05, 0.1) is 10.4 Å². The number of aryl methyl sites for hydroxylation is 1. The van der Waals surface area contributed by atoms with Crippen molar-refractivity contribution >= 4 is 23.1 Å². The third kappa shape index (κ3) is 2.76. The molecule has 0 spiro atoms. The van der Waals surface area contributed by atoms with Crippen LogP contribution in [0.5, 0.6) is 0 Å². The van der Waals surface area contributed by atoms with Gasteiger partial charge in [0.2, 0.25) is 5.91 Å². The van der Waals surface area contributed by atoms with Crippen LogP contribution in [0.4, 0.5) is 0 Å². The van der Waals surface area contributed by atoms with E-state index in [0.717, 1.165) is 24.1 Å². The molecular formula is C14H19N3OS. The SMILES string of the molecule is Cc1ccc(CNC(=O)C2(C(N)=S)CC(C)C2)cn1. The number of hydrogen-bond donors (Lipinski definition) is 2. The molecular weight excluding hydrogens is 258 g/mol. The molecule has 3 N–H and O–H groups in total. The Morgan fingerprint density at radius 3 is 2.74 bits per heavy atom. The average Bonchev–Trinajstić information content (AvgIpc) is 2.33. The third-order valence-electron chi connectivity index (χ3n) is 3.73. The van der Waals surface area contributed by atoms with Crippen molar-refractivity contribution in [2.45, 2.75) is 33.2 Å². The number of hydrogen-bond acceptors (Lipinski definition) is 3. The van der Waals surface area contributed by atoms with Gasteiger partial charge in [0, 0.05) is 18.4 Å². The fourth-order valence-corrected chi connectivity index (χ4v) is 2.84. The number of amides is 1. The number of pyridine rings is 1. The Labute approximate surface area is 118 Å². The summed E-state index contributed by atoms with van der Waals surface area (Å²) in [7, 11) is 0. The van der Waals surface area contributed by atoms with Crippen LogP contribution < -0.4 is 11.1 Å². The normalized spacial score (nSPS) is 25.5. The van der Waals surface area contributed by atoms with E-state index in [2.05, 4.69) is 17.2 Å². The van der Waals surface area contributed by atoms with E-state index in [1.165, 1.54) is 0 Å². The monoisotopic (exact) mass is 277 g/mol. The Hall–Kier alpha value is -1.49. The Balaban J connectivity index is 1.97. The Morgan fingerprint density at radius 1 is 1.58 bits per heavy atom. The van der Waals surface area contributed by atoms with Gasteiger partial charge in [-0.1, -0.05) is 25.2 Å². The van der Waals surface area contributed by atoms with Crippen LogP contribution in [0.1, 0.15) is 31.0 Å². The van der Waals surface area contributed by atoms with Crippen molar-refractivity contribution in [3.63, 3.8) is 0 Å². The van der Waals surface area contributed by atoms with E-state index < -0.39 is 5.41 Å². The number of rotatable bonds is 4. The lowest BCUT2D eigenvalue weighted by Gasteiger charge is -2.44. The summed E-state index contributed by atoms with van der Waals surface area (Å²) in [6.45, 7) is 4.50. The highest BCUT2D eigenvalue weighted by Gasteiger charge is 2.50. The van der Waals surface area contributed by atoms with Crippen LogP contribution in [0.3, 0.4) is 0 Å². The minimum atomic E-state index is -0.632. The molecule has 102 valence electrons. The Morgan fingerprint density at radius 2 is 2.26 bits per heavy atom. The molecule has 0 aromatic carbocycles. The van der Waals surface area contributed by atoms with Gasteiger partial charge in [-0.2, -0.15) is 0 Å². The number of nitrogens with zero attached hydrogens (tertiary/aromatic N) is 1. The van der Waals surface area contributed by atoms with Gasteiger partial charge in [-0.3, -0.25) is 9.78 Å². The molecule has 1 aromatic rings. The minimum absolute atomic E-state index is 0.0568. The zero-order valence-corrected chi connectivity index (χ0v) is 12.1. The number of carbonyl (C=O) groups excluding carboxylic acids is 1. The van der Waals surface area contributed by atoms with Gasteiger partial charge >= 0.3 is 0 Å². The molecule has 4 nitrogen and oxygen atoms in total. The van der Waals surface area contributed by atoms with Crippen LogP contribution in [-0.2, 0) is 11.3 Å². The summed E-state index contributed by atoms with van der Waals surface area (Å²) in [5.41, 5.74) is 7.05. The van der Waals surface area contributed by atoms with Crippen molar-refractivity contribution in [1.29, 1.82) is 0 Å². The Kier molecular flexibility index (Phi) is 3.85. The first-order valence-electron chi connectivity index (χ1n) is 6.44. The second-order valence-corrected chi connectivity index (χ2v) is 5.89. The summed E-state index contributed by atoms with van der Waals surface area (Å²) in [4.78, 5) is 16.8. The van der Waals surface area contributed by atoms with E-state index in [4.69, 9.17) is 18.0 Å².